The number of aryl methyl sites for hydroxylation is 1. The Morgan fingerprint density at radius 2 is 1.75 bits per heavy atom. The molecule has 0 saturated carbocycles. The smallest absolute Gasteiger partial charge is 0.408 e. The lowest BCUT2D eigenvalue weighted by Gasteiger charge is -2.34. The number of nitrogens with one attached hydrogen (secondary N) is 2. The van der Waals surface area contributed by atoms with Crippen molar-refractivity contribution in [3.05, 3.63) is 65.2 Å². The zero-order valence-electron chi connectivity index (χ0n) is 21.5. The van der Waals surface area contributed by atoms with Crippen molar-refractivity contribution in [3.8, 4) is 12.3 Å². The topological polar surface area (TPSA) is 108 Å². The molecule has 2 atom stereocenters. The number of ether oxygens (including phenoxy) is 1. The molecule has 2 aromatic carbocycles. The summed E-state index contributed by atoms with van der Waals surface area (Å²) in [4.78, 5) is 40.9. The summed E-state index contributed by atoms with van der Waals surface area (Å²) in [5, 5.41) is 15.3. The molecule has 2 unspecified atom stereocenters. The number of amides is 3. The molecular formula is C28H35N3O5. The van der Waals surface area contributed by atoms with E-state index in [9.17, 15) is 19.5 Å². The third-order valence-corrected chi connectivity index (χ3v) is 5.28. The first-order valence-electron chi connectivity index (χ1n) is 11.8. The van der Waals surface area contributed by atoms with Crippen molar-refractivity contribution in [2.24, 2.45) is 0 Å². The molecule has 0 heterocycles. The van der Waals surface area contributed by atoms with Crippen molar-refractivity contribution < 1.29 is 24.2 Å². The Morgan fingerprint density at radius 3 is 2.28 bits per heavy atom. The van der Waals surface area contributed by atoms with Gasteiger partial charge in [0.15, 0.2) is 0 Å². The molecule has 2 aromatic rings. The standard InChI is InChI=1S/C28H35N3O5/c1-7-17-31(26(34)23(18-32)30-27(35)36-28(4,5)6)24(21-15-13-20(8-2)14-16-21)25(33)29-22-12-10-9-11-19(22)3/h2,9-16,23-24,32H,7,17-18H2,1,3-6H3,(H,29,33)(H,30,35). The lowest BCUT2D eigenvalue weighted by atomic mass is 10.0. The third-order valence-electron chi connectivity index (χ3n) is 5.28. The molecular weight excluding hydrogens is 458 g/mol. The summed E-state index contributed by atoms with van der Waals surface area (Å²) in [6.45, 7) is 8.35. The van der Waals surface area contributed by atoms with Crippen molar-refractivity contribution in [2.45, 2.75) is 58.7 Å². The second-order valence-electron chi connectivity index (χ2n) is 9.39. The van der Waals surface area contributed by atoms with Gasteiger partial charge in [-0.15, -0.1) is 6.42 Å². The number of benzene rings is 2. The number of para-hydroxylation sites is 1. The minimum atomic E-state index is -1.30. The highest BCUT2D eigenvalue weighted by Crippen LogP contribution is 2.26. The maximum atomic E-state index is 13.6. The van der Waals surface area contributed by atoms with Gasteiger partial charge in [-0.25, -0.2) is 4.79 Å². The molecule has 0 fully saturated rings. The minimum Gasteiger partial charge on any atom is -0.444 e. The van der Waals surface area contributed by atoms with Gasteiger partial charge in [-0.2, -0.15) is 0 Å². The van der Waals surface area contributed by atoms with Crippen LogP contribution in [0.3, 0.4) is 0 Å². The number of carbonyl (C=O) groups excluding carboxylic acids is 3. The molecule has 192 valence electrons. The number of terminal acetylenes is 1. The summed E-state index contributed by atoms with van der Waals surface area (Å²) in [5.41, 5.74) is 1.86. The number of alkyl carbamates (subject to hydrolysis) is 1. The predicted molar refractivity (Wildman–Crippen MR) is 139 cm³/mol. The van der Waals surface area contributed by atoms with Crippen LogP contribution in [0.1, 0.15) is 56.8 Å². The number of hydrogen-bond acceptors (Lipinski definition) is 5. The molecule has 0 bridgehead atoms. The Balaban J connectivity index is 2.46. The zero-order chi connectivity index (χ0) is 26.9. The molecule has 0 aliphatic rings. The highest BCUT2D eigenvalue weighted by molar-refractivity contribution is 5.99. The van der Waals surface area contributed by atoms with E-state index in [0.717, 1.165) is 5.56 Å². The van der Waals surface area contributed by atoms with Crippen LogP contribution in [0.2, 0.25) is 0 Å². The van der Waals surface area contributed by atoms with Crippen LogP contribution in [0, 0.1) is 19.3 Å². The lowest BCUT2D eigenvalue weighted by molar-refractivity contribution is -0.141. The van der Waals surface area contributed by atoms with E-state index in [1.54, 1.807) is 57.2 Å². The molecule has 0 aliphatic carbocycles. The van der Waals surface area contributed by atoms with Crippen LogP contribution in [0.4, 0.5) is 10.5 Å². The molecule has 3 N–H and O–H groups in total. The zero-order valence-corrected chi connectivity index (χ0v) is 21.5. The maximum Gasteiger partial charge on any atom is 0.408 e. The Hall–Kier alpha value is -3.83. The van der Waals surface area contributed by atoms with Gasteiger partial charge in [-0.1, -0.05) is 43.2 Å². The first-order chi connectivity index (χ1) is 17.0. The highest BCUT2D eigenvalue weighted by atomic mass is 16.6. The Kier molecular flexibility index (Phi) is 10.1. The van der Waals surface area contributed by atoms with Crippen LogP contribution in [0.5, 0.6) is 0 Å². The Labute approximate surface area is 213 Å². The van der Waals surface area contributed by atoms with Gasteiger partial charge in [0.2, 0.25) is 5.91 Å². The number of aliphatic hydroxyl groups excluding tert-OH is 1. The Bertz CT molecular complexity index is 1100. The van der Waals surface area contributed by atoms with Crippen LogP contribution in [-0.4, -0.2) is 52.7 Å². The third kappa shape index (κ3) is 7.85. The van der Waals surface area contributed by atoms with Gasteiger partial charge >= 0.3 is 6.09 Å². The summed E-state index contributed by atoms with van der Waals surface area (Å²) >= 11 is 0. The fourth-order valence-electron chi connectivity index (χ4n) is 3.59. The summed E-state index contributed by atoms with van der Waals surface area (Å²) in [6.07, 6.45) is 5.18. The van der Waals surface area contributed by atoms with Crippen molar-refractivity contribution in [2.75, 3.05) is 18.5 Å². The highest BCUT2D eigenvalue weighted by Gasteiger charge is 2.36. The second-order valence-corrected chi connectivity index (χ2v) is 9.39. The van der Waals surface area contributed by atoms with Gasteiger partial charge in [0.25, 0.3) is 5.91 Å². The number of anilines is 1. The number of hydrogen-bond donors (Lipinski definition) is 3. The summed E-state index contributed by atoms with van der Waals surface area (Å²) in [5.74, 6) is 1.49. The predicted octanol–water partition coefficient (Wildman–Crippen LogP) is 3.78. The van der Waals surface area contributed by atoms with Gasteiger partial charge in [0, 0.05) is 17.8 Å². The minimum absolute atomic E-state index is 0.202. The van der Waals surface area contributed by atoms with Crippen LogP contribution in [0.25, 0.3) is 0 Å². The number of aliphatic hydroxyl groups is 1. The summed E-state index contributed by atoms with van der Waals surface area (Å²) < 4.78 is 5.24. The normalized spacial score (nSPS) is 12.6. The van der Waals surface area contributed by atoms with E-state index in [2.05, 4.69) is 16.6 Å². The van der Waals surface area contributed by atoms with E-state index in [0.29, 0.717) is 23.2 Å². The molecule has 0 saturated heterocycles. The average Bonchev–Trinajstić information content (AvgIpc) is 2.82. The average molecular weight is 494 g/mol. The van der Waals surface area contributed by atoms with E-state index in [1.165, 1.54) is 4.90 Å². The van der Waals surface area contributed by atoms with Gasteiger partial charge < -0.3 is 25.4 Å². The molecule has 0 aliphatic heterocycles. The van der Waals surface area contributed by atoms with Crippen LogP contribution < -0.4 is 10.6 Å². The van der Waals surface area contributed by atoms with Crippen LogP contribution in [0.15, 0.2) is 48.5 Å². The van der Waals surface area contributed by atoms with Gasteiger partial charge in [-0.05, 0) is 63.4 Å². The van der Waals surface area contributed by atoms with E-state index >= 15 is 0 Å². The maximum absolute atomic E-state index is 13.6. The number of carbonyl (C=O) groups is 3. The van der Waals surface area contributed by atoms with Crippen molar-refractivity contribution >= 4 is 23.6 Å². The molecule has 0 spiro atoms. The molecule has 36 heavy (non-hydrogen) atoms. The quantitative estimate of drug-likeness (QED) is 0.461. The molecule has 8 nitrogen and oxygen atoms in total. The molecule has 0 radical (unpaired) electrons. The van der Waals surface area contributed by atoms with E-state index < -0.39 is 42.2 Å². The van der Waals surface area contributed by atoms with Crippen LogP contribution >= 0.6 is 0 Å². The molecule has 8 heteroatoms. The van der Waals surface area contributed by atoms with Gasteiger partial charge in [-0.3, -0.25) is 9.59 Å². The largest absolute Gasteiger partial charge is 0.444 e. The molecule has 0 aromatic heterocycles. The van der Waals surface area contributed by atoms with Crippen molar-refractivity contribution in [1.29, 1.82) is 0 Å². The van der Waals surface area contributed by atoms with Gasteiger partial charge in [0.05, 0.1) is 6.61 Å². The fraction of sp³-hybridized carbons (Fsp3) is 0.393. The lowest BCUT2D eigenvalue weighted by Crippen LogP contribution is -2.54. The molecule has 3 amide bonds. The SMILES string of the molecule is C#Cc1ccc(C(C(=O)Nc2ccccc2C)N(CCC)C(=O)C(CO)NC(=O)OC(C)(C)C)cc1. The van der Waals surface area contributed by atoms with Gasteiger partial charge in [0.1, 0.15) is 17.7 Å². The van der Waals surface area contributed by atoms with E-state index in [-0.39, 0.29) is 6.54 Å². The molecule has 2 rings (SSSR count). The fourth-order valence-corrected chi connectivity index (χ4v) is 3.59. The first kappa shape index (κ1) is 28.4. The second kappa shape index (κ2) is 12.8. The van der Waals surface area contributed by atoms with Crippen molar-refractivity contribution in [1.82, 2.24) is 10.2 Å². The monoisotopic (exact) mass is 493 g/mol. The number of nitrogens with zero attached hydrogens (tertiary/aromatic N) is 1. The summed E-state index contributed by atoms with van der Waals surface area (Å²) in [7, 11) is 0. The van der Waals surface area contributed by atoms with Crippen LogP contribution in [-0.2, 0) is 14.3 Å². The first-order valence-corrected chi connectivity index (χ1v) is 11.8. The Morgan fingerprint density at radius 1 is 1.11 bits per heavy atom. The summed E-state index contributed by atoms with van der Waals surface area (Å²) in [6, 6.07) is 11.8. The van der Waals surface area contributed by atoms with E-state index in [1.807, 2.05) is 26.0 Å². The van der Waals surface area contributed by atoms with E-state index in [4.69, 9.17) is 11.2 Å². The number of rotatable bonds is 9. The van der Waals surface area contributed by atoms with Crippen molar-refractivity contribution in [3.63, 3.8) is 0 Å².